The lowest BCUT2D eigenvalue weighted by Gasteiger charge is -2.53. The summed E-state index contributed by atoms with van der Waals surface area (Å²) < 4.78 is 15.0. The lowest BCUT2D eigenvalue weighted by atomic mass is 9.69. The van der Waals surface area contributed by atoms with Crippen LogP contribution in [0.1, 0.15) is 27.9 Å². The summed E-state index contributed by atoms with van der Waals surface area (Å²) in [5, 5.41) is 1.31. The van der Waals surface area contributed by atoms with Crippen LogP contribution in [0.4, 0.5) is 0 Å². The Kier molecular flexibility index (Phi) is 5.15. The Bertz CT molecular complexity index is 1160. The smallest absolute Gasteiger partial charge is 0.339 e. The number of fused-ring (bicyclic) bond motifs is 2. The minimum atomic E-state index is -0.421. The van der Waals surface area contributed by atoms with E-state index in [2.05, 4.69) is 68.9 Å². The van der Waals surface area contributed by atoms with E-state index in [1.165, 1.54) is 28.2 Å². The molecule has 0 amide bonds. The van der Waals surface area contributed by atoms with Gasteiger partial charge in [0.25, 0.3) is 0 Å². The Morgan fingerprint density at radius 1 is 1.32 bits per heavy atom. The molecule has 2 aromatic heterocycles. The molecule has 0 spiro atoms. The lowest BCUT2D eigenvalue weighted by Crippen LogP contribution is -2.59. The first kappa shape index (κ1) is 20.7. The monoisotopic (exact) mass is 483 g/mol. The van der Waals surface area contributed by atoms with Crippen LogP contribution in [0.3, 0.4) is 0 Å². The van der Waals surface area contributed by atoms with Crippen LogP contribution >= 0.6 is 15.9 Å². The molecule has 2 aliphatic rings. The molecule has 1 aliphatic carbocycles. The van der Waals surface area contributed by atoms with Gasteiger partial charge in [0.15, 0.2) is 0 Å². The number of pyridine rings is 1. The molecular weight excluding hydrogens is 458 g/mol. The van der Waals surface area contributed by atoms with Crippen LogP contribution in [-0.2, 0) is 28.5 Å². The van der Waals surface area contributed by atoms with Gasteiger partial charge in [-0.15, -0.1) is 0 Å². The first-order valence-corrected chi connectivity index (χ1v) is 11.3. The number of likely N-dealkylation sites (tertiary alicyclic amines) is 1. The maximum absolute atomic E-state index is 12.5. The summed E-state index contributed by atoms with van der Waals surface area (Å²) in [5.41, 5.74) is 3.90. The van der Waals surface area contributed by atoms with E-state index in [1.807, 2.05) is 7.11 Å². The number of piperidine rings is 1. The molecule has 3 heterocycles. The van der Waals surface area contributed by atoms with Crippen LogP contribution in [-0.4, -0.2) is 53.8 Å². The van der Waals surface area contributed by atoms with Gasteiger partial charge < -0.3 is 14.0 Å². The minimum Gasteiger partial charge on any atom is -0.462 e. The summed E-state index contributed by atoms with van der Waals surface area (Å²) >= 11 is 3.35. The van der Waals surface area contributed by atoms with E-state index in [-0.39, 0.29) is 17.9 Å². The molecule has 3 atom stereocenters. The van der Waals surface area contributed by atoms with Crippen LogP contribution < -0.4 is 0 Å². The Labute approximate surface area is 190 Å². The molecule has 0 N–H and O–H groups in total. The van der Waals surface area contributed by atoms with Crippen LogP contribution in [0, 0.1) is 5.92 Å². The number of aromatic nitrogens is 2. The largest absolute Gasteiger partial charge is 0.462 e. The van der Waals surface area contributed by atoms with Gasteiger partial charge >= 0.3 is 5.97 Å². The maximum atomic E-state index is 12.5. The molecule has 1 aromatic carbocycles. The second kappa shape index (κ2) is 7.73. The Morgan fingerprint density at radius 3 is 2.94 bits per heavy atom. The second-order valence-electron chi connectivity index (χ2n) is 8.78. The second-order valence-corrected chi connectivity index (χ2v) is 9.69. The highest BCUT2D eigenvalue weighted by molar-refractivity contribution is 9.10. The first-order valence-electron chi connectivity index (χ1n) is 10.5. The summed E-state index contributed by atoms with van der Waals surface area (Å²) in [6, 6.07) is 8.47. The minimum absolute atomic E-state index is 0.172. The number of hydrogen-bond donors (Lipinski definition) is 0. The number of aryl methyl sites for hydroxylation is 1. The van der Waals surface area contributed by atoms with E-state index in [4.69, 9.17) is 9.47 Å². The predicted molar refractivity (Wildman–Crippen MR) is 122 cm³/mol. The van der Waals surface area contributed by atoms with E-state index >= 15 is 0 Å². The molecule has 162 valence electrons. The number of rotatable bonds is 4. The van der Waals surface area contributed by atoms with E-state index in [0.29, 0.717) is 12.2 Å². The maximum Gasteiger partial charge on any atom is 0.339 e. The molecule has 0 bridgehead atoms. The van der Waals surface area contributed by atoms with Crippen molar-refractivity contribution in [3.63, 3.8) is 0 Å². The number of nitrogens with zero attached hydrogens (tertiary/aromatic N) is 3. The van der Waals surface area contributed by atoms with E-state index in [9.17, 15) is 4.79 Å². The van der Waals surface area contributed by atoms with Crippen LogP contribution in [0.15, 0.2) is 47.3 Å². The zero-order valence-corrected chi connectivity index (χ0v) is 19.6. The van der Waals surface area contributed by atoms with Gasteiger partial charge in [-0.2, -0.15) is 0 Å². The Balaban J connectivity index is 1.44. The fraction of sp³-hybridized carbons (Fsp3) is 0.417. The number of ether oxygens (including phenoxy) is 2. The fourth-order valence-corrected chi connectivity index (χ4v) is 5.99. The van der Waals surface area contributed by atoms with Crippen LogP contribution in [0.25, 0.3) is 10.9 Å². The van der Waals surface area contributed by atoms with Crippen molar-refractivity contribution in [3.8, 4) is 0 Å². The van der Waals surface area contributed by atoms with Gasteiger partial charge in [0.2, 0.25) is 0 Å². The number of halogens is 1. The average molecular weight is 484 g/mol. The topological polar surface area (TPSA) is 56.6 Å². The number of benzene rings is 1. The van der Waals surface area contributed by atoms with Gasteiger partial charge in [0.05, 0.1) is 12.2 Å². The van der Waals surface area contributed by atoms with Crippen molar-refractivity contribution in [2.24, 2.45) is 13.0 Å². The third kappa shape index (κ3) is 3.30. The highest BCUT2D eigenvalue weighted by atomic mass is 79.9. The van der Waals surface area contributed by atoms with Gasteiger partial charge in [-0.25, -0.2) is 4.79 Å². The predicted octanol–water partition coefficient (Wildman–Crippen LogP) is 3.91. The Morgan fingerprint density at radius 2 is 2.16 bits per heavy atom. The van der Waals surface area contributed by atoms with Crippen LogP contribution in [0.5, 0.6) is 0 Å². The standard InChI is InChI=1S/C24H26BrN3O3/c1-27-13-17-8-21-24(30-3,19-5-4-6-20(27)22(17)19)9-15(12-28(21)2)14-31-23(29)16-7-18(25)11-26-10-16/h4-7,10-11,13,15,21H,8-9,12,14H2,1-3H3/t15-,21-,24-/m1/s1. The van der Waals surface area contributed by atoms with Crippen molar-refractivity contribution in [2.45, 2.75) is 24.5 Å². The quantitative estimate of drug-likeness (QED) is 0.526. The number of methoxy groups -OCH3 is 1. The number of likely N-dealkylation sites (N-methyl/N-ethyl adjacent to an activating group) is 1. The molecule has 1 saturated heterocycles. The van der Waals surface area contributed by atoms with Crippen molar-refractivity contribution in [3.05, 3.63) is 64.0 Å². The van der Waals surface area contributed by atoms with Crippen molar-refractivity contribution in [1.29, 1.82) is 0 Å². The van der Waals surface area contributed by atoms with Crippen LogP contribution in [0.2, 0.25) is 0 Å². The first-order chi connectivity index (χ1) is 14.9. The number of esters is 1. The molecule has 1 fully saturated rings. The molecule has 3 aromatic rings. The zero-order chi connectivity index (χ0) is 21.8. The molecule has 5 rings (SSSR count). The lowest BCUT2D eigenvalue weighted by molar-refractivity contribution is -0.131. The normalized spacial score (nSPS) is 25.4. The molecule has 31 heavy (non-hydrogen) atoms. The molecule has 7 heteroatoms. The van der Waals surface area contributed by atoms with Crippen molar-refractivity contribution in [1.82, 2.24) is 14.5 Å². The zero-order valence-electron chi connectivity index (χ0n) is 18.0. The number of carbonyl (C=O) groups excluding carboxylic acids is 1. The summed E-state index contributed by atoms with van der Waals surface area (Å²) in [6.07, 6.45) is 7.20. The molecule has 0 radical (unpaired) electrons. The van der Waals surface area contributed by atoms with Crippen molar-refractivity contribution >= 4 is 32.8 Å². The van der Waals surface area contributed by atoms with E-state index in [0.717, 1.165) is 23.9 Å². The highest BCUT2D eigenvalue weighted by Crippen LogP contribution is 2.49. The van der Waals surface area contributed by atoms with Gasteiger partial charge in [0, 0.05) is 66.6 Å². The van der Waals surface area contributed by atoms with Crippen molar-refractivity contribution in [2.75, 3.05) is 27.3 Å². The fourth-order valence-electron chi connectivity index (χ4n) is 5.63. The van der Waals surface area contributed by atoms with E-state index < -0.39 is 5.60 Å². The Hall–Kier alpha value is -2.22. The molecule has 1 aliphatic heterocycles. The molecule has 0 unspecified atom stereocenters. The summed E-state index contributed by atoms with van der Waals surface area (Å²) in [5.74, 6) is -0.174. The number of hydrogen-bond acceptors (Lipinski definition) is 5. The van der Waals surface area contributed by atoms with Crippen molar-refractivity contribution < 1.29 is 14.3 Å². The van der Waals surface area contributed by atoms with Gasteiger partial charge in [-0.05, 0) is 59.1 Å². The number of carbonyl (C=O) groups is 1. The molecule has 6 nitrogen and oxygen atoms in total. The average Bonchev–Trinajstić information content (AvgIpc) is 3.09. The SMILES string of the molecule is CO[C@@]12C[C@@H](COC(=O)c3cncc(Br)c3)CN(C)[C@@H]1Cc1cn(C)c3cccc2c13. The third-order valence-corrected chi connectivity index (χ3v) is 7.36. The summed E-state index contributed by atoms with van der Waals surface area (Å²) in [7, 11) is 6.07. The van der Waals surface area contributed by atoms with Gasteiger partial charge in [-0.1, -0.05) is 12.1 Å². The third-order valence-electron chi connectivity index (χ3n) is 6.93. The van der Waals surface area contributed by atoms with Gasteiger partial charge in [0.1, 0.15) is 5.60 Å². The van der Waals surface area contributed by atoms with Gasteiger partial charge in [-0.3, -0.25) is 9.88 Å². The summed E-state index contributed by atoms with van der Waals surface area (Å²) in [6.45, 7) is 1.21. The van der Waals surface area contributed by atoms with E-state index in [1.54, 1.807) is 12.3 Å². The highest BCUT2D eigenvalue weighted by Gasteiger charge is 2.51. The molecular formula is C24H26BrN3O3. The summed E-state index contributed by atoms with van der Waals surface area (Å²) in [4.78, 5) is 19.0. The molecule has 0 saturated carbocycles.